The lowest BCUT2D eigenvalue weighted by molar-refractivity contribution is -0.140. The van der Waals surface area contributed by atoms with E-state index in [0.29, 0.717) is 11.4 Å². The van der Waals surface area contributed by atoms with Gasteiger partial charge in [-0.3, -0.25) is 0 Å². The summed E-state index contributed by atoms with van der Waals surface area (Å²) in [6.07, 6.45) is -3.16. The van der Waals surface area contributed by atoms with E-state index in [2.05, 4.69) is 46.2 Å². The minimum absolute atomic E-state index is 0.0123. The largest absolute Gasteiger partial charge is 0.437 e. The standard InChI is InChI=1S/C22H20F3N5O2S/c1-12-27-18(30-32-12)16-17(22(23,24)25)29-20(33-16)28-14-9-7-11-26-19(14)31-15-10-6-5-8-13(15)21(2,3)4/h5-11H,1-4H3,(H,28,29). The van der Waals surface area contributed by atoms with Crippen LogP contribution in [0.15, 0.2) is 47.1 Å². The van der Waals surface area contributed by atoms with Crippen LogP contribution in [0.3, 0.4) is 0 Å². The summed E-state index contributed by atoms with van der Waals surface area (Å²) in [5.41, 5.74) is 0.0396. The molecular weight excluding hydrogens is 455 g/mol. The van der Waals surface area contributed by atoms with Gasteiger partial charge in [-0.25, -0.2) is 9.97 Å². The van der Waals surface area contributed by atoms with Crippen LogP contribution < -0.4 is 10.1 Å². The van der Waals surface area contributed by atoms with Crippen molar-refractivity contribution in [2.75, 3.05) is 5.32 Å². The lowest BCUT2D eigenvalue weighted by atomic mass is 9.86. The van der Waals surface area contributed by atoms with Gasteiger partial charge in [-0.05, 0) is 23.6 Å². The SMILES string of the molecule is Cc1nc(-c2sc(Nc3cccnc3Oc3ccccc3C(C)(C)C)nc2C(F)(F)F)no1. The first-order valence-corrected chi connectivity index (χ1v) is 10.7. The molecule has 172 valence electrons. The lowest BCUT2D eigenvalue weighted by Crippen LogP contribution is -2.12. The molecule has 0 unspecified atom stereocenters. The van der Waals surface area contributed by atoms with Gasteiger partial charge in [0.05, 0.1) is 0 Å². The molecule has 0 amide bonds. The summed E-state index contributed by atoms with van der Waals surface area (Å²) in [5, 5.41) is 6.49. The molecule has 1 aromatic carbocycles. The molecule has 11 heteroatoms. The third-order valence-corrected chi connectivity index (χ3v) is 5.51. The Kier molecular flexibility index (Phi) is 5.83. The highest BCUT2D eigenvalue weighted by Crippen LogP contribution is 2.43. The van der Waals surface area contributed by atoms with Crippen molar-refractivity contribution in [1.29, 1.82) is 0 Å². The van der Waals surface area contributed by atoms with Gasteiger partial charge in [-0.15, -0.1) is 0 Å². The number of nitrogens with zero attached hydrogens (tertiary/aromatic N) is 4. The van der Waals surface area contributed by atoms with E-state index >= 15 is 0 Å². The molecule has 1 N–H and O–H groups in total. The van der Waals surface area contributed by atoms with Crippen LogP contribution >= 0.6 is 11.3 Å². The van der Waals surface area contributed by atoms with Crippen molar-refractivity contribution in [3.05, 3.63) is 59.7 Å². The van der Waals surface area contributed by atoms with Crippen LogP contribution in [0.1, 0.15) is 37.9 Å². The van der Waals surface area contributed by atoms with Gasteiger partial charge in [0.15, 0.2) is 10.8 Å². The number of para-hydroxylation sites is 1. The number of pyridine rings is 1. The van der Waals surface area contributed by atoms with Crippen molar-refractivity contribution in [1.82, 2.24) is 20.1 Å². The molecule has 0 bridgehead atoms. The van der Waals surface area contributed by atoms with E-state index < -0.39 is 11.9 Å². The Morgan fingerprint density at radius 2 is 1.79 bits per heavy atom. The number of rotatable bonds is 5. The molecule has 7 nitrogen and oxygen atoms in total. The molecule has 0 atom stereocenters. The second-order valence-corrected chi connectivity index (χ2v) is 9.16. The van der Waals surface area contributed by atoms with E-state index in [4.69, 9.17) is 9.26 Å². The molecule has 0 fully saturated rings. The molecule has 0 saturated heterocycles. The van der Waals surface area contributed by atoms with Crippen molar-refractivity contribution in [3.63, 3.8) is 0 Å². The maximum Gasteiger partial charge on any atom is 0.435 e. The third-order valence-electron chi connectivity index (χ3n) is 4.54. The van der Waals surface area contributed by atoms with Gasteiger partial charge in [-0.2, -0.15) is 18.2 Å². The number of hydrogen-bond donors (Lipinski definition) is 1. The Bertz CT molecular complexity index is 1280. The minimum Gasteiger partial charge on any atom is -0.437 e. The average molecular weight is 475 g/mol. The second kappa shape index (κ2) is 8.47. The number of ether oxygens (including phenoxy) is 1. The van der Waals surface area contributed by atoms with Crippen LogP contribution in [0.25, 0.3) is 10.7 Å². The summed E-state index contributed by atoms with van der Waals surface area (Å²) < 4.78 is 51.7. The summed E-state index contributed by atoms with van der Waals surface area (Å²) in [5.74, 6) is 0.786. The number of aromatic nitrogens is 4. The van der Waals surface area contributed by atoms with Crippen LogP contribution in [0.4, 0.5) is 24.0 Å². The number of nitrogens with one attached hydrogen (secondary N) is 1. The van der Waals surface area contributed by atoms with Crippen LogP contribution in [0.5, 0.6) is 11.6 Å². The number of thiazole rings is 1. The van der Waals surface area contributed by atoms with Crippen LogP contribution in [-0.2, 0) is 11.6 Å². The van der Waals surface area contributed by atoms with Crippen molar-refractivity contribution in [2.24, 2.45) is 0 Å². The minimum atomic E-state index is -4.69. The molecular formula is C22H20F3N5O2S. The van der Waals surface area contributed by atoms with Gasteiger partial charge in [0.2, 0.25) is 17.6 Å². The lowest BCUT2D eigenvalue weighted by Gasteiger charge is -2.22. The molecule has 4 aromatic rings. The van der Waals surface area contributed by atoms with Crippen molar-refractivity contribution >= 4 is 22.2 Å². The molecule has 3 heterocycles. The van der Waals surface area contributed by atoms with E-state index in [1.165, 1.54) is 13.1 Å². The number of benzene rings is 1. The number of anilines is 2. The highest BCUT2D eigenvalue weighted by molar-refractivity contribution is 7.19. The van der Waals surface area contributed by atoms with E-state index in [-0.39, 0.29) is 33.0 Å². The number of alkyl halides is 3. The fraction of sp³-hybridized carbons (Fsp3) is 0.273. The quantitative estimate of drug-likeness (QED) is 0.342. The maximum absolute atomic E-state index is 13.6. The van der Waals surface area contributed by atoms with Crippen LogP contribution in [-0.4, -0.2) is 20.1 Å². The Labute approximate surface area is 191 Å². The summed E-state index contributed by atoms with van der Waals surface area (Å²) in [6, 6.07) is 10.8. The van der Waals surface area contributed by atoms with Crippen molar-refractivity contribution < 1.29 is 22.4 Å². The van der Waals surface area contributed by atoms with Crippen LogP contribution in [0.2, 0.25) is 0 Å². The topological polar surface area (TPSA) is 86.0 Å². The van der Waals surface area contributed by atoms with Gasteiger partial charge in [0.1, 0.15) is 16.3 Å². The molecule has 3 aromatic heterocycles. The van der Waals surface area contributed by atoms with Crippen LogP contribution in [0, 0.1) is 6.92 Å². The Balaban J connectivity index is 1.69. The predicted molar refractivity (Wildman–Crippen MR) is 118 cm³/mol. The molecule has 0 aliphatic heterocycles. The fourth-order valence-electron chi connectivity index (χ4n) is 3.07. The summed E-state index contributed by atoms with van der Waals surface area (Å²) in [6.45, 7) is 7.67. The zero-order valence-electron chi connectivity index (χ0n) is 18.2. The Morgan fingerprint density at radius 1 is 1.03 bits per heavy atom. The first-order chi connectivity index (χ1) is 15.5. The Morgan fingerprint density at radius 3 is 2.45 bits per heavy atom. The zero-order valence-corrected chi connectivity index (χ0v) is 19.0. The van der Waals surface area contributed by atoms with Gasteiger partial charge in [-0.1, -0.05) is 55.5 Å². The summed E-state index contributed by atoms with van der Waals surface area (Å²) in [7, 11) is 0. The molecule has 0 radical (unpaired) electrons. The first kappa shape index (κ1) is 22.7. The predicted octanol–water partition coefficient (Wildman–Crippen LogP) is 6.75. The van der Waals surface area contributed by atoms with Gasteiger partial charge in [0, 0.05) is 18.7 Å². The fourth-order valence-corrected chi connectivity index (χ4v) is 3.99. The highest BCUT2D eigenvalue weighted by Gasteiger charge is 2.39. The molecule has 33 heavy (non-hydrogen) atoms. The van der Waals surface area contributed by atoms with E-state index in [9.17, 15) is 13.2 Å². The second-order valence-electron chi connectivity index (χ2n) is 8.16. The first-order valence-electron chi connectivity index (χ1n) is 9.90. The highest BCUT2D eigenvalue weighted by atomic mass is 32.1. The molecule has 0 aliphatic rings. The van der Waals surface area contributed by atoms with E-state index in [1.807, 2.05) is 24.3 Å². The van der Waals surface area contributed by atoms with Gasteiger partial charge in [0.25, 0.3) is 0 Å². The molecule has 0 saturated carbocycles. The van der Waals surface area contributed by atoms with E-state index in [0.717, 1.165) is 16.9 Å². The Hall–Kier alpha value is -3.47. The third kappa shape index (κ3) is 4.98. The summed E-state index contributed by atoms with van der Waals surface area (Å²) in [4.78, 5) is 11.7. The van der Waals surface area contributed by atoms with Gasteiger partial charge >= 0.3 is 6.18 Å². The molecule has 0 spiro atoms. The number of hydrogen-bond acceptors (Lipinski definition) is 8. The smallest absolute Gasteiger partial charge is 0.435 e. The summed E-state index contributed by atoms with van der Waals surface area (Å²) >= 11 is 0.759. The number of aryl methyl sites for hydroxylation is 1. The molecule has 4 rings (SSSR count). The normalized spacial score (nSPS) is 12.1. The number of halogens is 3. The average Bonchev–Trinajstić information content (AvgIpc) is 3.35. The monoisotopic (exact) mass is 475 g/mol. The maximum atomic E-state index is 13.6. The van der Waals surface area contributed by atoms with Gasteiger partial charge < -0.3 is 14.6 Å². The van der Waals surface area contributed by atoms with Crippen molar-refractivity contribution in [3.8, 4) is 22.3 Å². The molecule has 0 aliphatic carbocycles. The zero-order chi connectivity index (χ0) is 23.8. The van der Waals surface area contributed by atoms with E-state index in [1.54, 1.807) is 12.1 Å². The van der Waals surface area contributed by atoms with Crippen molar-refractivity contribution in [2.45, 2.75) is 39.3 Å².